The van der Waals surface area contributed by atoms with Crippen molar-refractivity contribution in [3.8, 4) is 0 Å². The SMILES string of the molecule is C[Si](C)(CCC1CCC2OC2C1)O[Si](C)(C)C12CCC(CC1)C2. The van der Waals surface area contributed by atoms with Crippen LogP contribution < -0.4 is 0 Å². The minimum Gasteiger partial charge on any atom is -0.455 e. The third-order valence-electron chi connectivity index (χ3n) is 7.82. The summed E-state index contributed by atoms with van der Waals surface area (Å²) in [6.07, 6.45) is 14.2. The molecule has 4 rings (SSSR count). The zero-order valence-electron chi connectivity index (χ0n) is 15.7. The highest BCUT2D eigenvalue weighted by Gasteiger charge is 2.57. The molecule has 0 radical (unpaired) electrons. The Balaban J connectivity index is 1.32. The van der Waals surface area contributed by atoms with Gasteiger partial charge in [0, 0.05) is 0 Å². The topological polar surface area (TPSA) is 21.8 Å². The van der Waals surface area contributed by atoms with Gasteiger partial charge >= 0.3 is 0 Å². The molecule has 0 N–H and O–H groups in total. The van der Waals surface area contributed by atoms with Crippen molar-refractivity contribution in [3.05, 3.63) is 0 Å². The van der Waals surface area contributed by atoms with Gasteiger partial charge in [-0.05, 0) is 87.6 Å². The third-order valence-corrected chi connectivity index (χ3v) is 16.8. The second-order valence-corrected chi connectivity index (χ2v) is 19.1. The fraction of sp³-hybridized carbons (Fsp3) is 1.00. The Labute approximate surface area is 145 Å². The first-order chi connectivity index (χ1) is 10.8. The van der Waals surface area contributed by atoms with Gasteiger partial charge in [-0.25, -0.2) is 0 Å². The van der Waals surface area contributed by atoms with E-state index in [-0.39, 0.29) is 0 Å². The first-order valence-electron chi connectivity index (χ1n) is 10.1. The van der Waals surface area contributed by atoms with Crippen molar-refractivity contribution in [2.75, 3.05) is 0 Å². The molecule has 1 aliphatic heterocycles. The number of hydrogen-bond donors (Lipinski definition) is 0. The lowest BCUT2D eigenvalue weighted by atomic mass is 9.88. The van der Waals surface area contributed by atoms with Gasteiger partial charge in [0.1, 0.15) is 0 Å². The van der Waals surface area contributed by atoms with Crippen LogP contribution in [0.3, 0.4) is 0 Å². The van der Waals surface area contributed by atoms with Gasteiger partial charge in [-0.15, -0.1) is 0 Å². The standard InChI is InChI=1S/C19H36O2Si2/c1-22(2,12-9-15-5-6-17-18(13-15)20-17)21-23(3,4)19-10-7-16(14-19)8-11-19/h15-18H,5-14H2,1-4H3. The van der Waals surface area contributed by atoms with Crippen molar-refractivity contribution >= 4 is 16.6 Å². The molecule has 3 unspecified atom stereocenters. The van der Waals surface area contributed by atoms with Crippen LogP contribution in [-0.4, -0.2) is 28.8 Å². The van der Waals surface area contributed by atoms with Gasteiger partial charge in [0.2, 0.25) is 0 Å². The summed E-state index contributed by atoms with van der Waals surface area (Å²) in [6, 6.07) is 1.37. The predicted molar refractivity (Wildman–Crippen MR) is 101 cm³/mol. The van der Waals surface area contributed by atoms with Crippen LogP contribution in [0.4, 0.5) is 0 Å². The molecule has 4 heteroatoms. The van der Waals surface area contributed by atoms with E-state index >= 15 is 0 Å². The Morgan fingerprint density at radius 1 is 1.00 bits per heavy atom. The lowest BCUT2D eigenvalue weighted by Crippen LogP contribution is -2.51. The summed E-state index contributed by atoms with van der Waals surface area (Å²) < 4.78 is 12.8. The van der Waals surface area contributed by atoms with Gasteiger partial charge in [-0.3, -0.25) is 0 Å². The summed E-state index contributed by atoms with van der Waals surface area (Å²) in [5, 5.41) is 0.641. The summed E-state index contributed by atoms with van der Waals surface area (Å²) >= 11 is 0. The first-order valence-corrected chi connectivity index (χ1v) is 16.2. The van der Waals surface area contributed by atoms with Crippen molar-refractivity contribution in [1.29, 1.82) is 0 Å². The lowest BCUT2D eigenvalue weighted by Gasteiger charge is -2.46. The molecule has 4 aliphatic rings. The molecule has 0 spiro atoms. The Kier molecular flexibility index (Phi) is 4.15. The quantitative estimate of drug-likeness (QED) is 0.451. The van der Waals surface area contributed by atoms with Crippen LogP contribution in [0.15, 0.2) is 0 Å². The van der Waals surface area contributed by atoms with Crippen LogP contribution in [0.25, 0.3) is 0 Å². The molecule has 2 nitrogen and oxygen atoms in total. The van der Waals surface area contributed by atoms with Crippen molar-refractivity contribution in [3.63, 3.8) is 0 Å². The molecule has 3 atom stereocenters. The molecule has 132 valence electrons. The van der Waals surface area contributed by atoms with Crippen molar-refractivity contribution in [1.82, 2.24) is 0 Å². The van der Waals surface area contributed by atoms with E-state index in [9.17, 15) is 0 Å². The number of rotatable bonds is 6. The fourth-order valence-corrected chi connectivity index (χ4v) is 16.4. The molecule has 1 saturated heterocycles. The zero-order chi connectivity index (χ0) is 16.3. The summed E-state index contributed by atoms with van der Waals surface area (Å²) in [4.78, 5) is 0. The van der Waals surface area contributed by atoms with Gasteiger partial charge in [0.05, 0.1) is 12.2 Å². The number of fused-ring (bicyclic) bond motifs is 3. The Morgan fingerprint density at radius 2 is 1.74 bits per heavy atom. The summed E-state index contributed by atoms with van der Waals surface area (Å²) in [6.45, 7) is 10.1. The second-order valence-electron chi connectivity index (χ2n) is 10.2. The maximum absolute atomic E-state index is 7.10. The predicted octanol–water partition coefficient (Wildman–Crippen LogP) is 5.71. The minimum atomic E-state index is -1.57. The largest absolute Gasteiger partial charge is 0.455 e. The monoisotopic (exact) mass is 352 g/mol. The first kappa shape index (κ1) is 16.8. The van der Waals surface area contributed by atoms with E-state index in [1.165, 1.54) is 63.8 Å². The highest BCUT2D eigenvalue weighted by Crippen LogP contribution is 2.64. The van der Waals surface area contributed by atoms with Crippen LogP contribution in [0.5, 0.6) is 0 Å². The Morgan fingerprint density at radius 3 is 2.35 bits per heavy atom. The molecule has 3 aliphatic carbocycles. The third kappa shape index (κ3) is 3.25. The van der Waals surface area contributed by atoms with Crippen LogP contribution in [0.1, 0.15) is 57.8 Å². The molecule has 23 heavy (non-hydrogen) atoms. The fourth-order valence-electron chi connectivity index (χ4n) is 6.19. The molecular formula is C19H36O2Si2. The number of ether oxygens (including phenoxy) is 1. The van der Waals surface area contributed by atoms with Crippen molar-refractivity contribution in [2.24, 2.45) is 11.8 Å². The van der Waals surface area contributed by atoms with E-state index in [0.717, 1.165) is 11.8 Å². The average molecular weight is 353 g/mol. The molecule has 0 aromatic heterocycles. The van der Waals surface area contributed by atoms with E-state index in [2.05, 4.69) is 26.2 Å². The molecule has 1 heterocycles. The van der Waals surface area contributed by atoms with E-state index in [1.807, 2.05) is 0 Å². The van der Waals surface area contributed by atoms with Crippen LogP contribution in [-0.2, 0) is 8.85 Å². The summed E-state index contributed by atoms with van der Waals surface area (Å²) in [5.41, 5.74) is 0. The van der Waals surface area contributed by atoms with E-state index in [0.29, 0.717) is 17.2 Å². The molecule has 4 fully saturated rings. The molecular weight excluding hydrogens is 316 g/mol. The van der Waals surface area contributed by atoms with Crippen molar-refractivity contribution in [2.45, 2.75) is 107 Å². The molecule has 2 bridgehead atoms. The average Bonchev–Trinajstić information content (AvgIpc) is 2.93. The number of hydrogen-bond acceptors (Lipinski definition) is 2. The smallest absolute Gasteiger partial charge is 0.179 e. The van der Waals surface area contributed by atoms with E-state index in [4.69, 9.17) is 8.85 Å². The Hall–Kier alpha value is 0.354. The zero-order valence-corrected chi connectivity index (χ0v) is 17.7. The number of epoxide rings is 1. The summed E-state index contributed by atoms with van der Waals surface area (Å²) in [5.74, 6) is 1.96. The highest BCUT2D eigenvalue weighted by atomic mass is 28.4. The van der Waals surface area contributed by atoms with E-state index in [1.54, 1.807) is 0 Å². The normalized spacial score (nSPS) is 42.8. The van der Waals surface area contributed by atoms with Crippen LogP contribution in [0.2, 0.25) is 37.3 Å². The van der Waals surface area contributed by atoms with Crippen LogP contribution in [0, 0.1) is 11.8 Å². The maximum atomic E-state index is 7.10. The van der Waals surface area contributed by atoms with E-state index < -0.39 is 16.6 Å². The maximum Gasteiger partial charge on any atom is 0.179 e. The molecule has 0 aromatic rings. The molecule has 0 amide bonds. The van der Waals surface area contributed by atoms with Gasteiger partial charge in [0.15, 0.2) is 16.6 Å². The van der Waals surface area contributed by atoms with Crippen molar-refractivity contribution < 1.29 is 8.85 Å². The van der Waals surface area contributed by atoms with Gasteiger partial charge in [-0.2, -0.15) is 0 Å². The molecule has 0 aromatic carbocycles. The van der Waals surface area contributed by atoms with Gasteiger partial charge < -0.3 is 8.85 Å². The lowest BCUT2D eigenvalue weighted by molar-refractivity contribution is 0.353. The Bertz CT molecular complexity index is 454. The second kappa shape index (κ2) is 5.68. The summed E-state index contributed by atoms with van der Waals surface area (Å²) in [7, 11) is -3.09. The van der Waals surface area contributed by atoms with Gasteiger partial charge in [0.25, 0.3) is 0 Å². The minimum absolute atomic E-state index is 0.637. The van der Waals surface area contributed by atoms with Crippen LogP contribution >= 0.6 is 0 Å². The van der Waals surface area contributed by atoms with Gasteiger partial charge in [-0.1, -0.05) is 19.3 Å². The highest BCUT2D eigenvalue weighted by molar-refractivity contribution is 6.86. The molecule has 3 saturated carbocycles.